The number of allylic oxidation sites excluding steroid dienone is 2. The van der Waals surface area contributed by atoms with E-state index in [-0.39, 0.29) is 11.2 Å². The summed E-state index contributed by atoms with van der Waals surface area (Å²) >= 11 is 0. The van der Waals surface area contributed by atoms with Crippen LogP contribution in [0.5, 0.6) is 0 Å². The number of hydrogen-bond acceptors (Lipinski definition) is 5. The zero-order valence-corrected chi connectivity index (χ0v) is 20.1. The zero-order valence-electron chi connectivity index (χ0n) is 20.1. The smallest absolute Gasteiger partial charge is 0.347 e. The van der Waals surface area contributed by atoms with Crippen LogP contribution in [-0.2, 0) is 0 Å². The normalized spacial score (nSPS) is 16.2. The highest BCUT2D eigenvalue weighted by Gasteiger charge is 2.24. The van der Waals surface area contributed by atoms with E-state index in [4.69, 9.17) is 12.2 Å². The van der Waals surface area contributed by atoms with Crippen molar-refractivity contribution in [2.75, 3.05) is 23.7 Å². The summed E-state index contributed by atoms with van der Waals surface area (Å²) in [4.78, 5) is 25.9. The lowest BCUT2D eigenvalue weighted by Gasteiger charge is -2.25. The fraction of sp³-hybridized carbons (Fsp3) is 0.370. The van der Waals surface area contributed by atoms with Gasteiger partial charge in [0, 0.05) is 41.7 Å². The van der Waals surface area contributed by atoms with Crippen LogP contribution in [0.15, 0.2) is 28.7 Å². The van der Waals surface area contributed by atoms with E-state index in [0.29, 0.717) is 39.5 Å². The third kappa shape index (κ3) is 4.28. The number of pyridine rings is 1. The minimum atomic E-state index is -0.627. The molecule has 0 saturated carbocycles. The van der Waals surface area contributed by atoms with Crippen molar-refractivity contribution < 1.29 is 4.39 Å². The van der Waals surface area contributed by atoms with E-state index in [1.807, 2.05) is 26.8 Å². The van der Waals surface area contributed by atoms with Crippen LogP contribution >= 0.6 is 0 Å². The number of nitrogen functional groups attached to an aromatic ring is 1. The molecule has 34 heavy (non-hydrogen) atoms. The van der Waals surface area contributed by atoms with Crippen molar-refractivity contribution in [1.82, 2.24) is 15.0 Å². The lowest BCUT2D eigenvalue weighted by molar-refractivity contribution is 0.544. The lowest BCUT2D eigenvalue weighted by atomic mass is 9.90. The average molecular weight is 460 g/mol. The van der Waals surface area contributed by atoms with Gasteiger partial charge >= 0.3 is 5.69 Å². The Morgan fingerprint density at radius 2 is 2.09 bits per heavy atom. The number of nitrogens with two attached hydrogens (primary N) is 1. The molecule has 6 nitrogen and oxygen atoms in total. The first kappa shape index (κ1) is 23.5. The van der Waals surface area contributed by atoms with Crippen LogP contribution < -0.4 is 16.3 Å². The molecular formula is C27H30FN5O. The molecule has 1 aromatic carbocycles. The molecule has 0 spiro atoms. The molecule has 1 atom stereocenters. The molecule has 2 aromatic heterocycles. The van der Waals surface area contributed by atoms with Gasteiger partial charge in [0.2, 0.25) is 0 Å². The first-order valence-corrected chi connectivity index (χ1v) is 11.6. The van der Waals surface area contributed by atoms with E-state index in [9.17, 15) is 4.79 Å². The molecule has 1 unspecified atom stereocenters. The van der Waals surface area contributed by atoms with E-state index >= 15 is 4.39 Å². The molecular weight excluding hydrogens is 429 g/mol. The van der Waals surface area contributed by atoms with Crippen molar-refractivity contribution in [1.29, 1.82) is 0 Å². The molecule has 3 heterocycles. The number of hydrogen-bond donors (Lipinski definition) is 2. The number of anilines is 2. The molecule has 3 aromatic rings. The predicted molar refractivity (Wildman–Crippen MR) is 137 cm³/mol. The number of rotatable bonds is 3. The minimum absolute atomic E-state index is 0.0855. The molecule has 3 N–H and O–H groups in total. The molecule has 0 aliphatic carbocycles. The van der Waals surface area contributed by atoms with E-state index in [1.54, 1.807) is 12.3 Å². The summed E-state index contributed by atoms with van der Waals surface area (Å²) in [6, 6.07) is 3.49. The fourth-order valence-corrected chi connectivity index (χ4v) is 4.85. The van der Waals surface area contributed by atoms with Gasteiger partial charge in [0.15, 0.2) is 5.82 Å². The Morgan fingerprint density at radius 1 is 1.32 bits per heavy atom. The number of fused-ring (bicyclic) bond motifs is 1. The number of terminal acetylenes is 1. The quantitative estimate of drug-likeness (QED) is 0.422. The van der Waals surface area contributed by atoms with Crippen molar-refractivity contribution in [3.8, 4) is 23.6 Å². The summed E-state index contributed by atoms with van der Waals surface area (Å²) in [6.45, 7) is 9.43. The van der Waals surface area contributed by atoms with Crippen LogP contribution in [0.1, 0.15) is 51.2 Å². The van der Waals surface area contributed by atoms with E-state index < -0.39 is 11.5 Å². The molecule has 0 bridgehead atoms. The monoisotopic (exact) mass is 459 g/mol. The minimum Gasteiger partial charge on any atom is -0.399 e. The van der Waals surface area contributed by atoms with Crippen molar-refractivity contribution in [3.05, 3.63) is 51.3 Å². The van der Waals surface area contributed by atoms with Gasteiger partial charge in [-0.2, -0.15) is 4.98 Å². The third-order valence-corrected chi connectivity index (χ3v) is 6.41. The maximum absolute atomic E-state index is 16.1. The number of H-pyrrole nitrogens is 1. The van der Waals surface area contributed by atoms with Gasteiger partial charge in [-0.1, -0.05) is 24.8 Å². The number of aromatic nitrogens is 3. The van der Waals surface area contributed by atoms with E-state index in [1.165, 1.54) is 0 Å². The molecule has 1 aliphatic heterocycles. The maximum Gasteiger partial charge on any atom is 0.347 e. The standard InChI is InChI=1S/C27H30FN5O/c1-6-19(15(2)3)22-17(5)11-18(29)12-20(22)24-23(28)25-21(13-30-24)26(32-27(34)31-25)33-10-8-7-9-16(4)14-33/h1,11-13,16H,7-10,14,29H2,2-5H3,(H,31,32,34). The van der Waals surface area contributed by atoms with Crippen LogP contribution in [0, 0.1) is 31.0 Å². The average Bonchev–Trinajstić information content (AvgIpc) is 2.99. The molecule has 7 heteroatoms. The second-order valence-electron chi connectivity index (χ2n) is 9.40. The number of aromatic amines is 1. The van der Waals surface area contributed by atoms with Gasteiger partial charge in [-0.3, -0.25) is 4.98 Å². The molecule has 1 aliphatic rings. The largest absolute Gasteiger partial charge is 0.399 e. The van der Waals surface area contributed by atoms with Gasteiger partial charge in [-0.25, -0.2) is 9.18 Å². The SMILES string of the molecule is C#CC(=C(C)C)c1c(C)cc(N)cc1-c1ncc2c(N3CCCCC(C)C3)nc(=O)[nH]c2c1F. The Bertz CT molecular complexity index is 1390. The molecule has 176 valence electrons. The van der Waals surface area contributed by atoms with Gasteiger partial charge in [0.05, 0.1) is 10.9 Å². The summed E-state index contributed by atoms with van der Waals surface area (Å²) in [5, 5.41) is 0.483. The summed E-state index contributed by atoms with van der Waals surface area (Å²) in [7, 11) is 0. The van der Waals surface area contributed by atoms with Gasteiger partial charge in [-0.05, 0) is 57.2 Å². The second-order valence-corrected chi connectivity index (χ2v) is 9.40. The molecule has 1 saturated heterocycles. The van der Waals surface area contributed by atoms with Gasteiger partial charge < -0.3 is 15.6 Å². The summed E-state index contributed by atoms with van der Waals surface area (Å²) in [5.41, 5.74) is 9.80. The fourth-order valence-electron chi connectivity index (χ4n) is 4.85. The van der Waals surface area contributed by atoms with Crippen LogP contribution in [0.4, 0.5) is 15.9 Å². The third-order valence-electron chi connectivity index (χ3n) is 6.41. The Labute approximate surface area is 199 Å². The lowest BCUT2D eigenvalue weighted by Crippen LogP contribution is -2.30. The predicted octanol–water partition coefficient (Wildman–Crippen LogP) is 5.07. The van der Waals surface area contributed by atoms with Crippen LogP contribution in [0.3, 0.4) is 0 Å². The highest BCUT2D eigenvalue weighted by atomic mass is 19.1. The second kappa shape index (κ2) is 9.30. The molecule has 0 amide bonds. The van der Waals surface area contributed by atoms with Gasteiger partial charge in [-0.15, -0.1) is 6.42 Å². The molecule has 1 fully saturated rings. The van der Waals surface area contributed by atoms with Crippen molar-refractivity contribution in [2.45, 2.75) is 47.0 Å². The van der Waals surface area contributed by atoms with E-state index in [0.717, 1.165) is 43.5 Å². The summed E-state index contributed by atoms with van der Waals surface area (Å²) < 4.78 is 16.1. The summed E-state index contributed by atoms with van der Waals surface area (Å²) in [6.07, 6.45) is 10.6. The number of benzene rings is 1. The molecule has 0 radical (unpaired) electrons. The van der Waals surface area contributed by atoms with Crippen LogP contribution in [0.2, 0.25) is 0 Å². The van der Waals surface area contributed by atoms with Crippen molar-refractivity contribution in [2.24, 2.45) is 5.92 Å². The highest BCUT2D eigenvalue weighted by molar-refractivity contribution is 5.95. The van der Waals surface area contributed by atoms with Gasteiger partial charge in [0.1, 0.15) is 11.5 Å². The Kier molecular flexibility index (Phi) is 6.43. The topological polar surface area (TPSA) is 87.9 Å². The van der Waals surface area contributed by atoms with Crippen LogP contribution in [0.25, 0.3) is 27.7 Å². The number of nitrogens with zero attached hydrogens (tertiary/aromatic N) is 3. The van der Waals surface area contributed by atoms with E-state index in [2.05, 4.69) is 32.7 Å². The van der Waals surface area contributed by atoms with Crippen molar-refractivity contribution in [3.63, 3.8) is 0 Å². The number of nitrogens with one attached hydrogen (secondary N) is 1. The molecule has 4 rings (SSSR count). The van der Waals surface area contributed by atoms with Crippen LogP contribution in [-0.4, -0.2) is 28.0 Å². The Hall–Kier alpha value is -3.66. The zero-order chi connectivity index (χ0) is 24.6. The van der Waals surface area contributed by atoms with Crippen molar-refractivity contribution >= 4 is 28.0 Å². The Morgan fingerprint density at radius 3 is 2.79 bits per heavy atom. The first-order valence-electron chi connectivity index (χ1n) is 11.6. The highest BCUT2D eigenvalue weighted by Crippen LogP contribution is 2.37. The number of aryl methyl sites for hydroxylation is 1. The summed E-state index contributed by atoms with van der Waals surface area (Å²) in [5.74, 6) is 3.04. The number of halogens is 1. The first-order chi connectivity index (χ1) is 16.2. The maximum atomic E-state index is 16.1. The van der Waals surface area contributed by atoms with Gasteiger partial charge in [0.25, 0.3) is 0 Å². The Balaban J connectivity index is 1.98.